The third kappa shape index (κ3) is 1.42. The number of hydrogen-bond acceptors (Lipinski definition) is 4. The summed E-state index contributed by atoms with van der Waals surface area (Å²) in [5.74, 6) is 0. The fourth-order valence-electron chi connectivity index (χ4n) is 1.88. The van der Waals surface area contributed by atoms with Gasteiger partial charge in [0.2, 0.25) is 0 Å². The second-order valence-corrected chi connectivity index (χ2v) is 3.42. The molecule has 2 atom stereocenters. The van der Waals surface area contributed by atoms with Crippen molar-refractivity contribution in [3.05, 3.63) is 24.6 Å². The van der Waals surface area contributed by atoms with Crippen LogP contribution in [0.4, 0.5) is 9.59 Å². The van der Waals surface area contributed by atoms with Crippen molar-refractivity contribution in [2.24, 2.45) is 0 Å². The van der Waals surface area contributed by atoms with Crippen LogP contribution in [0.1, 0.15) is 0 Å². The molecular formula is C10H12N2O4. The fraction of sp³-hybridized carbons (Fsp3) is 0.400. The number of methoxy groups -OCH3 is 2. The van der Waals surface area contributed by atoms with E-state index in [2.05, 4.69) is 9.47 Å². The molecule has 0 saturated heterocycles. The van der Waals surface area contributed by atoms with Crippen LogP contribution in [0.15, 0.2) is 24.6 Å². The number of hydrogen-bond donors (Lipinski definition) is 0. The number of nitrogens with zero attached hydrogens (tertiary/aromatic N) is 2. The van der Waals surface area contributed by atoms with E-state index in [9.17, 15) is 9.59 Å². The highest BCUT2D eigenvalue weighted by Gasteiger charge is 2.40. The molecule has 6 heteroatoms. The highest BCUT2D eigenvalue weighted by Crippen LogP contribution is 2.28. The second-order valence-electron chi connectivity index (χ2n) is 3.42. The van der Waals surface area contributed by atoms with Gasteiger partial charge in [0.05, 0.1) is 26.3 Å². The van der Waals surface area contributed by atoms with Gasteiger partial charge in [-0.05, 0) is 12.2 Å². The fourth-order valence-corrected chi connectivity index (χ4v) is 1.88. The summed E-state index contributed by atoms with van der Waals surface area (Å²) in [5.41, 5.74) is 0. The van der Waals surface area contributed by atoms with E-state index in [1.807, 2.05) is 0 Å². The zero-order valence-electron chi connectivity index (χ0n) is 8.99. The van der Waals surface area contributed by atoms with E-state index in [-0.39, 0.29) is 12.1 Å². The van der Waals surface area contributed by atoms with Crippen LogP contribution in [0.2, 0.25) is 0 Å². The molecule has 86 valence electrons. The molecule has 16 heavy (non-hydrogen) atoms. The molecule has 0 aromatic carbocycles. The molecule has 2 rings (SSSR count). The Bertz CT molecular complexity index is 341. The molecule has 2 amide bonds. The van der Waals surface area contributed by atoms with Crippen LogP contribution in [-0.4, -0.2) is 48.3 Å². The average molecular weight is 224 g/mol. The summed E-state index contributed by atoms with van der Waals surface area (Å²) in [4.78, 5) is 25.6. The van der Waals surface area contributed by atoms with Crippen LogP contribution >= 0.6 is 0 Å². The lowest BCUT2D eigenvalue weighted by molar-refractivity contribution is 0.118. The van der Waals surface area contributed by atoms with Gasteiger partial charge in [0.15, 0.2) is 0 Å². The van der Waals surface area contributed by atoms with Crippen molar-refractivity contribution < 1.29 is 19.1 Å². The van der Waals surface area contributed by atoms with Crippen molar-refractivity contribution in [3.8, 4) is 0 Å². The quantitative estimate of drug-likeness (QED) is 0.613. The van der Waals surface area contributed by atoms with Crippen molar-refractivity contribution in [2.75, 3.05) is 14.2 Å². The summed E-state index contributed by atoms with van der Waals surface area (Å²) in [5, 5.41) is 0. The Morgan fingerprint density at radius 3 is 1.62 bits per heavy atom. The SMILES string of the molecule is COC(=O)N1C=CC2C1C=CN2C(=O)OC. The smallest absolute Gasteiger partial charge is 0.414 e. The molecule has 6 nitrogen and oxygen atoms in total. The molecule has 0 bridgehead atoms. The van der Waals surface area contributed by atoms with Crippen molar-refractivity contribution in [3.63, 3.8) is 0 Å². The van der Waals surface area contributed by atoms with Crippen molar-refractivity contribution in [2.45, 2.75) is 12.1 Å². The van der Waals surface area contributed by atoms with Gasteiger partial charge < -0.3 is 9.47 Å². The maximum absolute atomic E-state index is 11.4. The number of fused-ring (bicyclic) bond motifs is 1. The van der Waals surface area contributed by atoms with Gasteiger partial charge in [-0.2, -0.15) is 0 Å². The summed E-state index contributed by atoms with van der Waals surface area (Å²) < 4.78 is 9.26. The summed E-state index contributed by atoms with van der Waals surface area (Å²) in [6.45, 7) is 0. The number of rotatable bonds is 0. The zero-order valence-corrected chi connectivity index (χ0v) is 8.99. The van der Waals surface area contributed by atoms with Crippen LogP contribution in [0.25, 0.3) is 0 Å². The van der Waals surface area contributed by atoms with E-state index in [1.165, 1.54) is 24.0 Å². The predicted molar refractivity (Wildman–Crippen MR) is 54.3 cm³/mol. The molecule has 2 aliphatic rings. The topological polar surface area (TPSA) is 59.1 Å². The predicted octanol–water partition coefficient (Wildman–Crippen LogP) is 0.915. The molecule has 2 heterocycles. The first kappa shape index (κ1) is 10.5. The first-order chi connectivity index (χ1) is 7.69. The molecule has 2 aliphatic heterocycles. The van der Waals surface area contributed by atoms with Crippen LogP contribution in [0.3, 0.4) is 0 Å². The molecule has 0 fully saturated rings. The summed E-state index contributed by atoms with van der Waals surface area (Å²) in [6, 6.07) is -0.405. The largest absolute Gasteiger partial charge is 0.452 e. The van der Waals surface area contributed by atoms with Gasteiger partial charge >= 0.3 is 12.2 Å². The zero-order chi connectivity index (χ0) is 11.7. The Kier molecular flexibility index (Phi) is 2.55. The van der Waals surface area contributed by atoms with Crippen LogP contribution < -0.4 is 0 Å². The number of carbonyl (C=O) groups is 2. The van der Waals surface area contributed by atoms with Crippen molar-refractivity contribution >= 4 is 12.2 Å². The highest BCUT2D eigenvalue weighted by molar-refractivity contribution is 5.74. The maximum atomic E-state index is 11.4. The van der Waals surface area contributed by atoms with E-state index in [1.54, 1.807) is 24.6 Å². The summed E-state index contributed by atoms with van der Waals surface area (Å²) in [6.07, 6.45) is 5.86. The molecular weight excluding hydrogens is 212 g/mol. The first-order valence-corrected chi connectivity index (χ1v) is 4.78. The van der Waals surface area contributed by atoms with Crippen molar-refractivity contribution in [1.82, 2.24) is 9.80 Å². The molecule has 0 aromatic heterocycles. The van der Waals surface area contributed by atoms with Crippen molar-refractivity contribution in [1.29, 1.82) is 0 Å². The van der Waals surface area contributed by atoms with E-state index >= 15 is 0 Å². The Hall–Kier alpha value is -1.98. The monoisotopic (exact) mass is 224 g/mol. The Balaban J connectivity index is 2.13. The minimum Gasteiger partial charge on any atom is -0.452 e. The minimum absolute atomic E-state index is 0.202. The summed E-state index contributed by atoms with van der Waals surface area (Å²) in [7, 11) is 2.64. The third-order valence-electron chi connectivity index (χ3n) is 2.65. The first-order valence-electron chi connectivity index (χ1n) is 4.78. The number of amides is 2. The molecule has 0 radical (unpaired) electrons. The van der Waals surface area contributed by atoms with Gasteiger partial charge in [-0.3, -0.25) is 9.80 Å². The van der Waals surface area contributed by atoms with E-state index in [0.29, 0.717) is 0 Å². The van der Waals surface area contributed by atoms with Gasteiger partial charge in [-0.1, -0.05) is 0 Å². The maximum Gasteiger partial charge on any atom is 0.414 e. The van der Waals surface area contributed by atoms with Gasteiger partial charge in [0.1, 0.15) is 0 Å². The number of carbonyl (C=O) groups excluding carboxylic acids is 2. The van der Waals surface area contributed by atoms with Crippen LogP contribution in [-0.2, 0) is 9.47 Å². The molecule has 0 aromatic rings. The second kappa shape index (κ2) is 3.88. The van der Waals surface area contributed by atoms with Gasteiger partial charge in [0.25, 0.3) is 0 Å². The normalized spacial score (nSPS) is 25.9. The van der Waals surface area contributed by atoms with Crippen LogP contribution in [0, 0.1) is 0 Å². The highest BCUT2D eigenvalue weighted by atomic mass is 16.5. The summed E-state index contributed by atoms with van der Waals surface area (Å²) >= 11 is 0. The Morgan fingerprint density at radius 1 is 0.938 bits per heavy atom. The van der Waals surface area contributed by atoms with Gasteiger partial charge in [0, 0.05) is 12.4 Å². The number of ether oxygens (including phenoxy) is 2. The van der Waals surface area contributed by atoms with Gasteiger partial charge in [-0.25, -0.2) is 9.59 Å². The van der Waals surface area contributed by atoms with Gasteiger partial charge in [-0.15, -0.1) is 0 Å². The lowest BCUT2D eigenvalue weighted by atomic mass is 10.2. The molecule has 0 spiro atoms. The third-order valence-corrected chi connectivity index (χ3v) is 2.65. The lowest BCUT2D eigenvalue weighted by Gasteiger charge is -2.24. The molecule has 0 N–H and O–H groups in total. The standard InChI is InChI=1S/C10H12N2O4/c1-15-9(13)11-5-3-8-7(11)4-6-12(8)10(14)16-2/h3-8H,1-2H3. The Morgan fingerprint density at radius 2 is 1.31 bits per heavy atom. The van der Waals surface area contributed by atoms with Crippen LogP contribution in [0.5, 0.6) is 0 Å². The van der Waals surface area contributed by atoms with E-state index in [0.717, 1.165) is 0 Å². The molecule has 2 unspecified atom stereocenters. The minimum atomic E-state index is -0.444. The lowest BCUT2D eigenvalue weighted by Crippen LogP contribution is -2.42. The molecule has 0 saturated carbocycles. The molecule has 0 aliphatic carbocycles. The Labute approximate surface area is 92.7 Å². The average Bonchev–Trinajstić information content (AvgIpc) is 2.87. The van der Waals surface area contributed by atoms with E-state index < -0.39 is 12.2 Å². The van der Waals surface area contributed by atoms with E-state index in [4.69, 9.17) is 0 Å².